The summed E-state index contributed by atoms with van der Waals surface area (Å²) >= 11 is 12.1. The smallest absolute Gasteiger partial charge is 0.223 e. The van der Waals surface area contributed by atoms with Crippen molar-refractivity contribution in [3.63, 3.8) is 0 Å². The highest BCUT2D eigenvalue weighted by Crippen LogP contribution is 2.24. The van der Waals surface area contributed by atoms with Crippen LogP contribution in [0.1, 0.15) is 29.3 Å². The number of anilines is 1. The molecular weight excluding hydrogens is 402 g/mol. The maximum Gasteiger partial charge on any atom is 0.223 e. The van der Waals surface area contributed by atoms with Gasteiger partial charge in [-0.1, -0.05) is 29.3 Å². The van der Waals surface area contributed by atoms with Gasteiger partial charge >= 0.3 is 0 Å². The van der Waals surface area contributed by atoms with Crippen LogP contribution in [0.3, 0.4) is 0 Å². The molecule has 0 bridgehead atoms. The molecular formula is C21H21Cl2FN2O2. The van der Waals surface area contributed by atoms with Crippen LogP contribution in [0.25, 0.3) is 0 Å². The molecule has 3 rings (SSSR count). The van der Waals surface area contributed by atoms with Crippen molar-refractivity contribution in [3.8, 4) is 0 Å². The summed E-state index contributed by atoms with van der Waals surface area (Å²) in [6.07, 6.45) is 0.916. The Kier molecular flexibility index (Phi) is 6.57. The number of halogens is 3. The van der Waals surface area contributed by atoms with E-state index in [-0.39, 0.29) is 11.7 Å². The Labute approximate surface area is 173 Å². The van der Waals surface area contributed by atoms with Crippen molar-refractivity contribution in [2.45, 2.75) is 19.8 Å². The summed E-state index contributed by atoms with van der Waals surface area (Å²) in [6.45, 7) is 3.56. The Bertz CT molecular complexity index is 896. The van der Waals surface area contributed by atoms with Gasteiger partial charge in [0, 0.05) is 48.2 Å². The minimum Gasteiger partial charge on any atom is -0.366 e. The minimum atomic E-state index is -0.412. The van der Waals surface area contributed by atoms with Crippen LogP contribution in [-0.4, -0.2) is 42.8 Å². The summed E-state index contributed by atoms with van der Waals surface area (Å²) in [5, 5.41) is 1.13. The number of carbonyl (C=O) groups excluding carboxylic acids is 2. The van der Waals surface area contributed by atoms with Crippen LogP contribution in [0.2, 0.25) is 10.0 Å². The van der Waals surface area contributed by atoms with Gasteiger partial charge in [0.2, 0.25) is 5.91 Å². The average molecular weight is 423 g/mol. The van der Waals surface area contributed by atoms with Crippen LogP contribution >= 0.6 is 23.2 Å². The first kappa shape index (κ1) is 20.6. The van der Waals surface area contributed by atoms with Gasteiger partial charge in [-0.25, -0.2) is 4.39 Å². The lowest BCUT2D eigenvalue weighted by Crippen LogP contribution is -2.49. The third-order valence-electron chi connectivity index (χ3n) is 4.95. The molecule has 1 amide bonds. The van der Waals surface area contributed by atoms with Gasteiger partial charge in [-0.2, -0.15) is 0 Å². The molecule has 1 fully saturated rings. The van der Waals surface area contributed by atoms with Crippen LogP contribution in [-0.2, 0) is 11.2 Å². The van der Waals surface area contributed by atoms with E-state index in [2.05, 4.69) is 0 Å². The molecule has 28 heavy (non-hydrogen) atoms. The highest BCUT2D eigenvalue weighted by atomic mass is 35.5. The van der Waals surface area contributed by atoms with Crippen LogP contribution in [0.4, 0.5) is 10.1 Å². The molecule has 1 saturated heterocycles. The first-order chi connectivity index (χ1) is 13.3. The number of Topliss-reactive ketones (excluding diaryl/α,β-unsaturated/α-hetero) is 1. The molecule has 0 radical (unpaired) electrons. The average Bonchev–Trinajstić information content (AvgIpc) is 2.67. The van der Waals surface area contributed by atoms with Crippen LogP contribution in [0.5, 0.6) is 0 Å². The number of nitrogens with zero attached hydrogens (tertiary/aromatic N) is 2. The van der Waals surface area contributed by atoms with Crippen LogP contribution in [0, 0.1) is 5.82 Å². The predicted octanol–water partition coefficient (Wildman–Crippen LogP) is 4.62. The van der Waals surface area contributed by atoms with Crippen molar-refractivity contribution >= 4 is 40.6 Å². The third kappa shape index (κ3) is 4.83. The molecule has 0 aliphatic carbocycles. The predicted molar refractivity (Wildman–Crippen MR) is 110 cm³/mol. The molecule has 2 aromatic carbocycles. The fourth-order valence-corrected chi connectivity index (χ4v) is 3.81. The first-order valence-corrected chi connectivity index (χ1v) is 9.88. The van der Waals surface area contributed by atoms with Gasteiger partial charge in [0.15, 0.2) is 5.78 Å². The van der Waals surface area contributed by atoms with Crippen molar-refractivity contribution in [3.05, 3.63) is 63.4 Å². The molecule has 4 nitrogen and oxygen atoms in total. The standard InChI is InChI=1S/C21H21Cl2FN2O2/c1-14(27)16-3-6-20(19(24)12-16)25-8-10-26(11-9-25)21(28)7-4-15-2-5-17(22)13-18(15)23/h2-3,5-6,12-13H,4,7-11H2,1H3. The fourth-order valence-electron chi connectivity index (χ4n) is 3.30. The molecule has 0 unspecified atom stereocenters. The van der Waals surface area contributed by atoms with E-state index >= 15 is 0 Å². The largest absolute Gasteiger partial charge is 0.366 e. The first-order valence-electron chi connectivity index (χ1n) is 9.12. The zero-order valence-electron chi connectivity index (χ0n) is 15.6. The van der Waals surface area contributed by atoms with E-state index in [0.29, 0.717) is 60.3 Å². The highest BCUT2D eigenvalue weighted by molar-refractivity contribution is 6.35. The molecule has 0 spiro atoms. The summed E-state index contributed by atoms with van der Waals surface area (Å²) in [5.74, 6) is -0.524. The van der Waals surface area contributed by atoms with Crippen molar-refractivity contribution in [1.29, 1.82) is 0 Å². The maximum atomic E-state index is 14.3. The molecule has 7 heteroatoms. The number of benzene rings is 2. The number of ketones is 1. The van der Waals surface area contributed by atoms with Crippen molar-refractivity contribution in [1.82, 2.24) is 4.90 Å². The molecule has 0 atom stereocenters. The summed E-state index contributed by atoms with van der Waals surface area (Å²) in [7, 11) is 0. The topological polar surface area (TPSA) is 40.6 Å². The molecule has 2 aromatic rings. The highest BCUT2D eigenvalue weighted by Gasteiger charge is 2.23. The van der Waals surface area contributed by atoms with Gasteiger partial charge in [0.05, 0.1) is 5.69 Å². The summed E-state index contributed by atoms with van der Waals surface area (Å²) in [4.78, 5) is 27.6. The molecule has 1 aliphatic rings. The Balaban J connectivity index is 1.54. The fraction of sp³-hybridized carbons (Fsp3) is 0.333. The number of rotatable bonds is 5. The van der Waals surface area contributed by atoms with Crippen LogP contribution < -0.4 is 4.90 Å². The lowest BCUT2D eigenvalue weighted by Gasteiger charge is -2.36. The number of piperazine rings is 1. The van der Waals surface area contributed by atoms with E-state index in [1.54, 1.807) is 29.2 Å². The number of aryl methyl sites for hydroxylation is 1. The minimum absolute atomic E-state index is 0.0538. The Morgan fingerprint density at radius 3 is 2.36 bits per heavy atom. The van der Waals surface area contributed by atoms with E-state index in [1.165, 1.54) is 13.0 Å². The van der Waals surface area contributed by atoms with Crippen molar-refractivity contribution < 1.29 is 14.0 Å². The number of hydrogen-bond acceptors (Lipinski definition) is 3. The van der Waals surface area contributed by atoms with Crippen LogP contribution in [0.15, 0.2) is 36.4 Å². The van der Waals surface area contributed by atoms with Gasteiger partial charge in [-0.05, 0) is 49.2 Å². The quantitative estimate of drug-likeness (QED) is 0.660. The molecule has 148 valence electrons. The van der Waals surface area contributed by atoms with Gasteiger partial charge < -0.3 is 9.80 Å². The zero-order chi connectivity index (χ0) is 20.3. The summed E-state index contributed by atoms with van der Waals surface area (Å²) < 4.78 is 14.3. The lowest BCUT2D eigenvalue weighted by molar-refractivity contribution is -0.131. The Morgan fingerprint density at radius 1 is 1.04 bits per heavy atom. The van der Waals surface area contributed by atoms with Gasteiger partial charge in [-0.3, -0.25) is 9.59 Å². The summed E-state index contributed by atoms with van der Waals surface area (Å²) in [5.41, 5.74) is 1.71. The second kappa shape index (κ2) is 8.93. The van der Waals surface area contributed by atoms with E-state index in [1.807, 2.05) is 11.0 Å². The van der Waals surface area contributed by atoms with Gasteiger partial charge in [0.1, 0.15) is 5.82 Å². The second-order valence-corrected chi connectivity index (χ2v) is 7.67. The van der Waals surface area contributed by atoms with E-state index in [4.69, 9.17) is 23.2 Å². The third-order valence-corrected chi connectivity index (χ3v) is 5.54. The molecule has 0 N–H and O–H groups in total. The molecule has 1 aliphatic heterocycles. The normalized spacial score (nSPS) is 14.3. The Hall–Kier alpha value is -2.11. The van der Waals surface area contributed by atoms with Gasteiger partial charge in [-0.15, -0.1) is 0 Å². The number of amides is 1. The SMILES string of the molecule is CC(=O)c1ccc(N2CCN(C(=O)CCc3ccc(Cl)cc3Cl)CC2)c(F)c1. The van der Waals surface area contributed by atoms with E-state index in [9.17, 15) is 14.0 Å². The maximum absolute atomic E-state index is 14.3. The van der Waals surface area contributed by atoms with E-state index in [0.717, 1.165) is 5.56 Å². The number of hydrogen-bond donors (Lipinski definition) is 0. The monoisotopic (exact) mass is 422 g/mol. The summed E-state index contributed by atoms with van der Waals surface area (Å²) in [6, 6.07) is 9.81. The van der Waals surface area contributed by atoms with Crippen molar-refractivity contribution in [2.24, 2.45) is 0 Å². The molecule has 0 saturated carbocycles. The lowest BCUT2D eigenvalue weighted by atomic mass is 10.1. The Morgan fingerprint density at radius 2 is 1.75 bits per heavy atom. The van der Waals surface area contributed by atoms with E-state index < -0.39 is 5.82 Å². The molecule has 0 aromatic heterocycles. The van der Waals surface area contributed by atoms with Crippen molar-refractivity contribution in [2.75, 3.05) is 31.1 Å². The second-order valence-electron chi connectivity index (χ2n) is 6.83. The number of carbonyl (C=O) groups is 2. The molecule has 1 heterocycles. The zero-order valence-corrected chi connectivity index (χ0v) is 17.1. The van der Waals surface area contributed by atoms with Gasteiger partial charge in [0.25, 0.3) is 0 Å².